The van der Waals surface area contributed by atoms with Crippen molar-refractivity contribution in [2.24, 2.45) is 0 Å². The first-order chi connectivity index (χ1) is 13.2. The number of anilines is 1. The zero-order valence-electron chi connectivity index (χ0n) is 15.3. The van der Waals surface area contributed by atoms with Crippen LogP contribution in [-0.2, 0) is 10.2 Å². The van der Waals surface area contributed by atoms with Gasteiger partial charge in [0.05, 0.1) is 11.6 Å². The summed E-state index contributed by atoms with van der Waals surface area (Å²) in [5.41, 5.74) is 2.44. The van der Waals surface area contributed by atoms with Gasteiger partial charge in [-0.2, -0.15) is 0 Å². The van der Waals surface area contributed by atoms with Crippen molar-refractivity contribution in [3.8, 4) is 11.5 Å². The predicted octanol–water partition coefficient (Wildman–Crippen LogP) is 5.24. The smallest absolute Gasteiger partial charge is 0.235 e. The van der Waals surface area contributed by atoms with Crippen LogP contribution in [0.4, 0.5) is 5.69 Å². The Bertz CT molecular complexity index is 935. The van der Waals surface area contributed by atoms with Crippen molar-refractivity contribution in [2.75, 3.05) is 5.32 Å². The largest absolute Gasteiger partial charge is 0.455 e. The van der Waals surface area contributed by atoms with E-state index in [1.807, 2.05) is 55.5 Å². The van der Waals surface area contributed by atoms with Crippen LogP contribution in [0.5, 0.6) is 11.5 Å². The van der Waals surface area contributed by atoms with Gasteiger partial charge >= 0.3 is 0 Å². The average molecular weight is 358 g/mol. The van der Waals surface area contributed by atoms with Crippen LogP contribution in [0.2, 0.25) is 0 Å². The van der Waals surface area contributed by atoms with Gasteiger partial charge < -0.3 is 10.1 Å². The lowest BCUT2D eigenvalue weighted by Gasteiger charge is -2.40. The van der Waals surface area contributed by atoms with E-state index in [9.17, 15) is 4.79 Å². The quantitative estimate of drug-likeness (QED) is 0.678. The number of benzene rings is 2. The van der Waals surface area contributed by atoms with Gasteiger partial charge in [-0.15, -0.1) is 0 Å². The monoisotopic (exact) mass is 358 g/mol. The van der Waals surface area contributed by atoms with Gasteiger partial charge in [0.1, 0.15) is 11.5 Å². The number of carbonyl (C=O) groups excluding carboxylic acids is 1. The van der Waals surface area contributed by atoms with Gasteiger partial charge in [0.25, 0.3) is 0 Å². The Hall–Kier alpha value is -3.14. The third-order valence-corrected chi connectivity index (χ3v) is 5.26. The van der Waals surface area contributed by atoms with E-state index < -0.39 is 5.41 Å². The van der Waals surface area contributed by atoms with Crippen LogP contribution in [0.1, 0.15) is 30.4 Å². The molecule has 0 aliphatic heterocycles. The van der Waals surface area contributed by atoms with E-state index in [-0.39, 0.29) is 5.91 Å². The molecule has 0 spiro atoms. The normalized spacial score (nSPS) is 14.9. The first-order valence-electron chi connectivity index (χ1n) is 9.23. The van der Waals surface area contributed by atoms with E-state index in [4.69, 9.17) is 4.74 Å². The fourth-order valence-electron chi connectivity index (χ4n) is 3.56. The Labute approximate surface area is 159 Å². The van der Waals surface area contributed by atoms with Crippen molar-refractivity contribution < 1.29 is 9.53 Å². The van der Waals surface area contributed by atoms with Gasteiger partial charge in [0.15, 0.2) is 0 Å². The molecular weight excluding hydrogens is 336 g/mol. The summed E-state index contributed by atoms with van der Waals surface area (Å²) in [7, 11) is 0. The fourth-order valence-corrected chi connectivity index (χ4v) is 3.56. The number of ether oxygens (including phenoxy) is 1. The van der Waals surface area contributed by atoms with Gasteiger partial charge in [0.2, 0.25) is 5.91 Å². The maximum Gasteiger partial charge on any atom is 0.235 e. The first-order valence-corrected chi connectivity index (χ1v) is 9.23. The highest BCUT2D eigenvalue weighted by Gasteiger charge is 2.45. The van der Waals surface area contributed by atoms with Crippen LogP contribution in [0.25, 0.3) is 0 Å². The zero-order valence-corrected chi connectivity index (χ0v) is 15.3. The van der Waals surface area contributed by atoms with E-state index in [2.05, 4.69) is 22.4 Å². The molecule has 1 heterocycles. The Morgan fingerprint density at radius 2 is 1.89 bits per heavy atom. The van der Waals surface area contributed by atoms with Crippen LogP contribution in [0.15, 0.2) is 73.1 Å². The topological polar surface area (TPSA) is 51.2 Å². The number of pyridine rings is 1. The Kier molecular flexibility index (Phi) is 4.63. The molecule has 136 valence electrons. The molecule has 1 aliphatic rings. The van der Waals surface area contributed by atoms with Gasteiger partial charge in [-0.3, -0.25) is 9.78 Å². The third kappa shape index (κ3) is 3.43. The van der Waals surface area contributed by atoms with Crippen molar-refractivity contribution in [3.63, 3.8) is 0 Å². The van der Waals surface area contributed by atoms with Crippen LogP contribution in [0, 0.1) is 6.92 Å². The molecule has 0 atom stereocenters. The molecule has 3 aromatic rings. The molecule has 27 heavy (non-hydrogen) atoms. The minimum atomic E-state index is -0.403. The number of rotatable bonds is 5. The van der Waals surface area contributed by atoms with E-state index >= 15 is 0 Å². The van der Waals surface area contributed by atoms with E-state index in [0.29, 0.717) is 5.75 Å². The van der Waals surface area contributed by atoms with E-state index in [1.54, 1.807) is 12.4 Å². The number of amides is 1. The lowest BCUT2D eigenvalue weighted by atomic mass is 9.64. The molecule has 4 heteroatoms. The van der Waals surface area contributed by atoms with Crippen LogP contribution in [-0.4, -0.2) is 10.9 Å². The summed E-state index contributed by atoms with van der Waals surface area (Å²) in [6.07, 6.45) is 6.25. The Balaban J connectivity index is 1.51. The molecule has 0 radical (unpaired) electrons. The van der Waals surface area contributed by atoms with Gasteiger partial charge in [-0.05, 0) is 61.2 Å². The van der Waals surface area contributed by atoms with Gasteiger partial charge in [0, 0.05) is 11.9 Å². The van der Waals surface area contributed by atoms with Crippen LogP contribution < -0.4 is 10.1 Å². The van der Waals surface area contributed by atoms with Gasteiger partial charge in [-0.25, -0.2) is 0 Å². The third-order valence-electron chi connectivity index (χ3n) is 5.26. The summed E-state index contributed by atoms with van der Waals surface area (Å²) in [6, 6.07) is 19.5. The Morgan fingerprint density at radius 3 is 2.52 bits per heavy atom. The summed E-state index contributed by atoms with van der Waals surface area (Å²) in [5, 5.41) is 3.11. The molecule has 4 rings (SSSR count). The highest BCUT2D eigenvalue weighted by molar-refractivity contribution is 6.00. The number of hydrogen-bond donors (Lipinski definition) is 1. The van der Waals surface area contributed by atoms with Crippen LogP contribution >= 0.6 is 0 Å². The number of aromatic nitrogens is 1. The molecule has 2 aromatic carbocycles. The molecule has 1 aliphatic carbocycles. The molecule has 1 amide bonds. The molecular formula is C23H22N2O2. The second-order valence-electron chi connectivity index (χ2n) is 7.03. The number of carbonyl (C=O) groups is 1. The lowest BCUT2D eigenvalue weighted by molar-refractivity contribution is -0.124. The highest BCUT2D eigenvalue weighted by Crippen LogP contribution is 2.44. The highest BCUT2D eigenvalue weighted by atomic mass is 16.5. The van der Waals surface area contributed by atoms with Crippen molar-refractivity contribution >= 4 is 11.6 Å². The predicted molar refractivity (Wildman–Crippen MR) is 106 cm³/mol. The van der Waals surface area contributed by atoms with Crippen molar-refractivity contribution in [2.45, 2.75) is 31.6 Å². The van der Waals surface area contributed by atoms with E-state index in [0.717, 1.165) is 41.8 Å². The molecule has 1 saturated carbocycles. The van der Waals surface area contributed by atoms with Crippen molar-refractivity contribution in [1.29, 1.82) is 0 Å². The molecule has 1 N–H and O–H groups in total. The fraction of sp³-hybridized carbons (Fsp3) is 0.217. The summed E-state index contributed by atoms with van der Waals surface area (Å²) < 4.78 is 5.86. The summed E-state index contributed by atoms with van der Waals surface area (Å²) >= 11 is 0. The molecule has 1 fully saturated rings. The SMILES string of the molecule is Cc1cc(NC(=O)C2(c3ccccc3)CCC2)ccc1Oc1cccnc1. The summed E-state index contributed by atoms with van der Waals surface area (Å²) in [5.74, 6) is 1.51. The molecule has 0 unspecified atom stereocenters. The number of aryl methyl sites for hydroxylation is 1. The first kappa shape index (κ1) is 17.3. The van der Waals surface area contributed by atoms with Gasteiger partial charge in [-0.1, -0.05) is 36.8 Å². The molecule has 1 aromatic heterocycles. The number of hydrogen-bond acceptors (Lipinski definition) is 3. The Morgan fingerprint density at radius 1 is 1.07 bits per heavy atom. The average Bonchev–Trinajstić information content (AvgIpc) is 2.65. The number of nitrogens with one attached hydrogen (secondary N) is 1. The maximum atomic E-state index is 13.1. The molecule has 4 nitrogen and oxygen atoms in total. The van der Waals surface area contributed by atoms with Crippen LogP contribution in [0.3, 0.4) is 0 Å². The lowest BCUT2D eigenvalue weighted by Crippen LogP contribution is -2.45. The maximum absolute atomic E-state index is 13.1. The summed E-state index contributed by atoms with van der Waals surface area (Å²) in [6.45, 7) is 1.97. The number of nitrogens with zero attached hydrogens (tertiary/aromatic N) is 1. The van der Waals surface area contributed by atoms with E-state index in [1.165, 1.54) is 0 Å². The second kappa shape index (κ2) is 7.23. The van der Waals surface area contributed by atoms with Crippen molar-refractivity contribution in [1.82, 2.24) is 4.98 Å². The second-order valence-corrected chi connectivity index (χ2v) is 7.03. The zero-order chi connectivity index (χ0) is 18.7. The minimum Gasteiger partial charge on any atom is -0.455 e. The standard InChI is InChI=1S/C23H22N2O2/c1-17-15-19(10-11-21(17)27-20-9-5-14-24-16-20)25-22(26)23(12-6-13-23)18-7-3-2-4-8-18/h2-5,7-11,14-16H,6,12-13H2,1H3,(H,25,26). The van der Waals surface area contributed by atoms with Crippen molar-refractivity contribution in [3.05, 3.63) is 84.2 Å². The molecule has 0 saturated heterocycles. The summed E-state index contributed by atoms with van der Waals surface area (Å²) in [4.78, 5) is 17.1. The molecule has 0 bridgehead atoms. The minimum absolute atomic E-state index is 0.0697.